The normalized spacial score (nSPS) is 11.5. The number of hydrogen-bond donors (Lipinski definition) is 0. The number of fused-ring (bicyclic) bond motifs is 6. The van der Waals surface area contributed by atoms with Gasteiger partial charge in [0.25, 0.3) is 0 Å². The molecule has 0 N–H and O–H groups in total. The first-order valence-electron chi connectivity index (χ1n) is 17.2. The molecule has 254 valence electrons. The molecule has 0 radical (unpaired) electrons. The largest absolute Gasteiger partial charge is 0.254 e. The Labute approximate surface area is 306 Å². The van der Waals surface area contributed by atoms with E-state index in [1.165, 1.54) is 24.3 Å². The van der Waals surface area contributed by atoms with Gasteiger partial charge in [-0.2, -0.15) is 0 Å². The Morgan fingerprint density at radius 1 is 0.315 bits per heavy atom. The SMILES string of the molecule is Fc1cc(-c2cnc3c(ccc4cccnc43)c2)cc(-c2nc(-c3ccccc3)nc(-c3cc(F)cc(-c4cnc5c(ccc6cccnc65)c4)c3)n2)c1. The Bertz CT molecular complexity index is 2910. The van der Waals surface area contributed by atoms with Crippen LogP contribution in [0.1, 0.15) is 0 Å². The Balaban J connectivity index is 1.09. The van der Waals surface area contributed by atoms with Gasteiger partial charge in [0, 0.05) is 74.1 Å². The summed E-state index contributed by atoms with van der Waals surface area (Å²) in [6.45, 7) is 0. The van der Waals surface area contributed by atoms with E-state index >= 15 is 8.78 Å². The van der Waals surface area contributed by atoms with Gasteiger partial charge >= 0.3 is 0 Å². The van der Waals surface area contributed by atoms with Crippen molar-refractivity contribution in [3.8, 4) is 56.4 Å². The van der Waals surface area contributed by atoms with Crippen molar-refractivity contribution in [2.45, 2.75) is 0 Å². The lowest BCUT2D eigenvalue weighted by Crippen LogP contribution is -2.01. The first kappa shape index (κ1) is 31.4. The summed E-state index contributed by atoms with van der Waals surface area (Å²) in [6, 6.07) is 38.5. The van der Waals surface area contributed by atoms with Crippen LogP contribution in [0.2, 0.25) is 0 Å². The molecule has 10 rings (SSSR count). The molecule has 10 aromatic rings. The van der Waals surface area contributed by atoms with Crippen molar-refractivity contribution in [1.82, 2.24) is 34.9 Å². The Morgan fingerprint density at radius 3 is 1.24 bits per heavy atom. The van der Waals surface area contributed by atoms with E-state index in [4.69, 9.17) is 24.9 Å². The fraction of sp³-hybridized carbons (Fsp3) is 0. The summed E-state index contributed by atoms with van der Waals surface area (Å²) in [5.74, 6) is -0.0930. The first-order valence-corrected chi connectivity index (χ1v) is 17.2. The average Bonchev–Trinajstić information content (AvgIpc) is 3.23. The number of aromatic nitrogens is 7. The second-order valence-corrected chi connectivity index (χ2v) is 13.0. The third-order valence-corrected chi connectivity index (χ3v) is 9.49. The molecule has 0 aliphatic heterocycles. The van der Waals surface area contributed by atoms with Crippen LogP contribution in [0.5, 0.6) is 0 Å². The maximum absolute atomic E-state index is 15.5. The monoisotopic (exact) mass is 701 g/mol. The Morgan fingerprint density at radius 2 is 0.741 bits per heavy atom. The minimum absolute atomic E-state index is 0.237. The van der Waals surface area contributed by atoms with Crippen molar-refractivity contribution in [2.75, 3.05) is 0 Å². The van der Waals surface area contributed by atoms with Gasteiger partial charge in [-0.15, -0.1) is 0 Å². The third-order valence-electron chi connectivity index (χ3n) is 9.49. The van der Waals surface area contributed by atoms with E-state index in [1.807, 2.05) is 103 Å². The average molecular weight is 702 g/mol. The zero-order valence-electron chi connectivity index (χ0n) is 28.3. The highest BCUT2D eigenvalue weighted by Crippen LogP contribution is 2.34. The van der Waals surface area contributed by atoms with E-state index in [0.717, 1.165) is 60.3 Å². The Hall–Kier alpha value is -7.39. The van der Waals surface area contributed by atoms with Crippen LogP contribution >= 0.6 is 0 Å². The summed E-state index contributed by atoms with van der Waals surface area (Å²) in [6.07, 6.45) is 6.93. The molecular weight excluding hydrogens is 677 g/mol. The minimum atomic E-state index is -0.467. The van der Waals surface area contributed by atoms with E-state index < -0.39 is 11.6 Å². The molecule has 0 atom stereocenters. The predicted molar refractivity (Wildman–Crippen MR) is 208 cm³/mol. The quantitative estimate of drug-likeness (QED) is 0.165. The zero-order valence-corrected chi connectivity index (χ0v) is 28.3. The Kier molecular flexibility index (Phi) is 7.36. The van der Waals surface area contributed by atoms with Gasteiger partial charge in [0.05, 0.1) is 22.1 Å². The highest BCUT2D eigenvalue weighted by atomic mass is 19.1. The van der Waals surface area contributed by atoms with Crippen molar-refractivity contribution < 1.29 is 8.78 Å². The van der Waals surface area contributed by atoms with Crippen molar-refractivity contribution in [2.24, 2.45) is 0 Å². The van der Waals surface area contributed by atoms with Crippen molar-refractivity contribution in [3.05, 3.63) is 164 Å². The maximum Gasteiger partial charge on any atom is 0.164 e. The molecule has 0 bridgehead atoms. The standard InChI is InChI=1S/C45H25F2N7/c46-37-20-31(35-16-29-12-10-26-8-4-14-48-39(26)41(29)50-24-35)18-33(22-37)44-52-43(28-6-2-1-3-7-28)53-45(54-44)34-19-32(21-38(47)23-34)36-17-30-13-11-27-9-5-15-49-40(27)42(30)51-25-36/h1-25H. The summed E-state index contributed by atoms with van der Waals surface area (Å²) in [5.41, 5.74) is 7.38. The molecule has 0 aliphatic rings. The molecule has 54 heavy (non-hydrogen) atoms. The molecule has 0 fully saturated rings. The fourth-order valence-corrected chi connectivity index (χ4v) is 6.91. The van der Waals surface area contributed by atoms with Gasteiger partial charge in [0.1, 0.15) is 11.6 Å². The third kappa shape index (κ3) is 5.64. The predicted octanol–water partition coefficient (Wildman–Crippen LogP) is 10.7. The van der Waals surface area contributed by atoms with Crippen LogP contribution in [-0.2, 0) is 0 Å². The molecule has 9 heteroatoms. The molecule has 0 spiro atoms. The van der Waals surface area contributed by atoms with Crippen LogP contribution in [0, 0.1) is 11.6 Å². The zero-order chi connectivity index (χ0) is 36.2. The van der Waals surface area contributed by atoms with E-state index in [-0.39, 0.29) is 11.6 Å². The smallest absolute Gasteiger partial charge is 0.164 e. The number of hydrogen-bond acceptors (Lipinski definition) is 7. The van der Waals surface area contributed by atoms with Crippen LogP contribution in [0.25, 0.3) is 100 Å². The van der Waals surface area contributed by atoms with Gasteiger partial charge in [-0.3, -0.25) is 19.9 Å². The van der Waals surface area contributed by atoms with E-state index in [0.29, 0.717) is 28.1 Å². The molecule has 0 saturated heterocycles. The van der Waals surface area contributed by atoms with Gasteiger partial charge in [-0.05, 0) is 71.8 Å². The second kappa shape index (κ2) is 12.7. The van der Waals surface area contributed by atoms with Crippen molar-refractivity contribution in [3.63, 3.8) is 0 Å². The molecule has 7 nitrogen and oxygen atoms in total. The summed E-state index contributed by atoms with van der Waals surface area (Å²) in [7, 11) is 0. The molecule has 5 aromatic heterocycles. The molecule has 0 aliphatic carbocycles. The number of pyridine rings is 4. The van der Waals surface area contributed by atoms with Gasteiger partial charge < -0.3 is 0 Å². The second-order valence-electron chi connectivity index (χ2n) is 13.0. The highest BCUT2D eigenvalue weighted by molar-refractivity contribution is 6.04. The lowest BCUT2D eigenvalue weighted by atomic mass is 10.0. The van der Waals surface area contributed by atoms with Crippen LogP contribution in [0.15, 0.2) is 152 Å². The van der Waals surface area contributed by atoms with E-state index in [1.54, 1.807) is 24.8 Å². The minimum Gasteiger partial charge on any atom is -0.254 e. The van der Waals surface area contributed by atoms with Gasteiger partial charge in [0.15, 0.2) is 17.5 Å². The van der Waals surface area contributed by atoms with Gasteiger partial charge in [-0.25, -0.2) is 23.7 Å². The van der Waals surface area contributed by atoms with Crippen molar-refractivity contribution in [1.29, 1.82) is 0 Å². The van der Waals surface area contributed by atoms with Crippen LogP contribution in [-0.4, -0.2) is 34.9 Å². The van der Waals surface area contributed by atoms with E-state index in [9.17, 15) is 0 Å². The highest BCUT2D eigenvalue weighted by Gasteiger charge is 2.17. The van der Waals surface area contributed by atoms with Gasteiger partial charge in [-0.1, -0.05) is 66.7 Å². The van der Waals surface area contributed by atoms with E-state index in [2.05, 4.69) is 9.97 Å². The summed E-state index contributed by atoms with van der Waals surface area (Å²) < 4.78 is 31.0. The lowest BCUT2D eigenvalue weighted by Gasteiger charge is -2.12. The van der Waals surface area contributed by atoms with Crippen LogP contribution in [0.3, 0.4) is 0 Å². The molecule has 5 heterocycles. The number of rotatable bonds is 5. The lowest BCUT2D eigenvalue weighted by molar-refractivity contribution is 0.628. The fourth-order valence-electron chi connectivity index (χ4n) is 6.91. The first-order chi connectivity index (χ1) is 26.5. The maximum atomic E-state index is 15.5. The van der Waals surface area contributed by atoms with Crippen molar-refractivity contribution >= 4 is 43.6 Å². The number of benzene rings is 5. The van der Waals surface area contributed by atoms with Gasteiger partial charge in [0.2, 0.25) is 0 Å². The summed E-state index contributed by atoms with van der Waals surface area (Å²) in [4.78, 5) is 32.9. The number of halogens is 2. The number of nitrogens with zero attached hydrogens (tertiary/aromatic N) is 7. The molecule has 0 saturated carbocycles. The molecular formula is C45H25F2N7. The van der Waals surface area contributed by atoms with Crippen LogP contribution < -0.4 is 0 Å². The molecule has 5 aromatic carbocycles. The molecule has 0 amide bonds. The summed E-state index contributed by atoms with van der Waals surface area (Å²) in [5, 5.41) is 3.74. The topological polar surface area (TPSA) is 90.2 Å². The van der Waals surface area contributed by atoms with Crippen LogP contribution in [0.4, 0.5) is 8.78 Å². The molecule has 0 unspecified atom stereocenters. The summed E-state index contributed by atoms with van der Waals surface area (Å²) >= 11 is 0.